The summed E-state index contributed by atoms with van der Waals surface area (Å²) in [4.78, 5) is 23.8. The molecule has 0 aromatic heterocycles. The zero-order chi connectivity index (χ0) is 16.3. The maximum Gasteiger partial charge on any atom is 0.340 e. The Bertz CT molecular complexity index is 517. The Hall–Kier alpha value is -1.40. The lowest BCUT2D eigenvalue weighted by Gasteiger charge is -2.27. The molecule has 116 valence electrons. The van der Waals surface area contributed by atoms with Gasteiger partial charge in [0, 0.05) is 10.0 Å². The first-order valence-electron chi connectivity index (χ1n) is 6.51. The van der Waals surface area contributed by atoms with Crippen LogP contribution in [0.2, 0.25) is 0 Å². The highest BCUT2D eigenvalue weighted by atomic mass is 79.9. The van der Waals surface area contributed by atoms with Crippen molar-refractivity contribution in [2.75, 3.05) is 6.54 Å². The summed E-state index contributed by atoms with van der Waals surface area (Å²) in [6.45, 7) is 6.21. The van der Waals surface area contributed by atoms with Crippen LogP contribution >= 0.6 is 15.9 Å². The lowest BCUT2D eigenvalue weighted by Crippen LogP contribution is -2.49. The molecule has 0 saturated heterocycles. The van der Waals surface area contributed by atoms with Crippen molar-refractivity contribution in [3.8, 4) is 0 Å². The van der Waals surface area contributed by atoms with E-state index in [0.29, 0.717) is 5.56 Å². The third kappa shape index (κ3) is 5.85. The van der Waals surface area contributed by atoms with Crippen LogP contribution in [-0.2, 0) is 9.53 Å². The zero-order valence-corrected chi connectivity index (χ0v) is 14.2. The monoisotopic (exact) mass is 357 g/mol. The predicted molar refractivity (Wildman–Crippen MR) is 82.9 cm³/mol. The highest BCUT2D eigenvalue weighted by molar-refractivity contribution is 9.10. The van der Waals surface area contributed by atoms with Crippen LogP contribution in [0.5, 0.6) is 0 Å². The van der Waals surface area contributed by atoms with E-state index in [9.17, 15) is 14.7 Å². The van der Waals surface area contributed by atoms with E-state index in [1.807, 2.05) is 0 Å². The van der Waals surface area contributed by atoms with Gasteiger partial charge in [-0.1, -0.05) is 15.9 Å². The lowest BCUT2D eigenvalue weighted by atomic mass is 10.1. The van der Waals surface area contributed by atoms with Crippen LogP contribution in [0, 0.1) is 0 Å². The Balaban J connectivity index is 2.62. The quantitative estimate of drug-likeness (QED) is 0.810. The minimum atomic E-state index is -1.78. The van der Waals surface area contributed by atoms with Crippen molar-refractivity contribution in [1.29, 1.82) is 0 Å². The summed E-state index contributed by atoms with van der Waals surface area (Å²) in [5, 5.41) is 12.6. The number of nitrogens with one attached hydrogen (secondary N) is 1. The minimum absolute atomic E-state index is 0.225. The number of halogens is 1. The van der Waals surface area contributed by atoms with Gasteiger partial charge in [-0.2, -0.15) is 0 Å². The van der Waals surface area contributed by atoms with Crippen LogP contribution in [0.1, 0.15) is 38.1 Å². The number of hydrogen-bond donors (Lipinski definition) is 2. The molecule has 0 aliphatic rings. The number of esters is 1. The molecule has 0 radical (unpaired) electrons. The van der Waals surface area contributed by atoms with Gasteiger partial charge in [0.2, 0.25) is 0 Å². The van der Waals surface area contributed by atoms with E-state index in [4.69, 9.17) is 4.74 Å². The molecule has 0 fully saturated rings. The normalized spacial score (nSPS) is 14.2. The van der Waals surface area contributed by atoms with Gasteiger partial charge in [0.05, 0.1) is 6.54 Å². The maximum atomic E-state index is 11.9. The van der Waals surface area contributed by atoms with E-state index in [-0.39, 0.29) is 12.5 Å². The molecule has 5 nitrogen and oxygen atoms in total. The summed E-state index contributed by atoms with van der Waals surface area (Å²) in [6.07, 6.45) is 0. The molecule has 0 heterocycles. The average molecular weight is 358 g/mol. The molecule has 0 bridgehead atoms. The molecule has 1 amide bonds. The summed E-state index contributed by atoms with van der Waals surface area (Å²) < 4.78 is 5.97. The van der Waals surface area contributed by atoms with Crippen LogP contribution < -0.4 is 5.32 Å². The van der Waals surface area contributed by atoms with Crippen molar-refractivity contribution in [3.63, 3.8) is 0 Å². The Labute approximate surface area is 132 Å². The van der Waals surface area contributed by atoms with Crippen LogP contribution in [-0.4, -0.2) is 34.7 Å². The Morgan fingerprint density at radius 3 is 2.19 bits per heavy atom. The first kappa shape index (κ1) is 17.7. The van der Waals surface area contributed by atoms with E-state index >= 15 is 0 Å². The Kier molecular flexibility index (Phi) is 5.53. The van der Waals surface area contributed by atoms with E-state index in [0.717, 1.165) is 4.47 Å². The van der Waals surface area contributed by atoms with Gasteiger partial charge in [-0.3, -0.25) is 4.79 Å². The predicted octanol–water partition coefficient (Wildman–Crippen LogP) is 2.27. The molecule has 2 N–H and O–H groups in total. The number of carbonyl (C=O) groups excluding carboxylic acids is 2. The van der Waals surface area contributed by atoms with Crippen molar-refractivity contribution in [3.05, 3.63) is 34.3 Å². The molecular weight excluding hydrogens is 338 g/mol. The summed E-state index contributed by atoms with van der Waals surface area (Å²) in [5.41, 5.74) is -2.03. The van der Waals surface area contributed by atoms with Gasteiger partial charge < -0.3 is 15.2 Å². The molecule has 1 rings (SSSR count). The van der Waals surface area contributed by atoms with E-state index < -0.39 is 17.2 Å². The van der Waals surface area contributed by atoms with Crippen molar-refractivity contribution < 1.29 is 19.4 Å². The van der Waals surface area contributed by atoms with E-state index in [1.165, 1.54) is 6.92 Å². The fraction of sp³-hybridized carbons (Fsp3) is 0.467. The summed E-state index contributed by atoms with van der Waals surface area (Å²) in [5.74, 6) is -1.14. The fourth-order valence-electron chi connectivity index (χ4n) is 1.42. The smallest absolute Gasteiger partial charge is 0.340 e. The molecular formula is C15H20BrNO4. The van der Waals surface area contributed by atoms with Gasteiger partial charge in [0.15, 0.2) is 5.60 Å². The number of rotatable bonds is 4. The number of hydrogen-bond acceptors (Lipinski definition) is 4. The van der Waals surface area contributed by atoms with Crippen molar-refractivity contribution in [2.45, 2.75) is 38.9 Å². The second-order valence-electron chi connectivity index (χ2n) is 5.97. The van der Waals surface area contributed by atoms with E-state index in [2.05, 4.69) is 21.2 Å². The second kappa shape index (κ2) is 6.58. The summed E-state index contributed by atoms with van der Waals surface area (Å²) in [7, 11) is 0. The van der Waals surface area contributed by atoms with Gasteiger partial charge in [-0.25, -0.2) is 4.79 Å². The standard InChI is InChI=1S/C15H20BrNO4/c1-14(2,3)21-13(19)15(4,20)9-17-12(18)10-5-7-11(16)8-6-10/h5-8,20H,9H2,1-4H3,(H,17,18)/t15-/m0/s1. The third-order valence-electron chi connectivity index (χ3n) is 2.54. The molecule has 0 aliphatic carbocycles. The molecule has 6 heteroatoms. The van der Waals surface area contributed by atoms with Crippen molar-refractivity contribution in [1.82, 2.24) is 5.32 Å². The van der Waals surface area contributed by atoms with Crippen LogP contribution in [0.15, 0.2) is 28.7 Å². The average Bonchev–Trinajstić information content (AvgIpc) is 2.35. The van der Waals surface area contributed by atoms with Crippen molar-refractivity contribution in [2.24, 2.45) is 0 Å². The van der Waals surface area contributed by atoms with Crippen LogP contribution in [0.3, 0.4) is 0 Å². The topological polar surface area (TPSA) is 75.6 Å². The maximum absolute atomic E-state index is 11.9. The highest BCUT2D eigenvalue weighted by Gasteiger charge is 2.35. The summed E-state index contributed by atoms with van der Waals surface area (Å²) in [6, 6.07) is 6.76. The van der Waals surface area contributed by atoms with E-state index in [1.54, 1.807) is 45.0 Å². The highest BCUT2D eigenvalue weighted by Crippen LogP contribution is 2.14. The van der Waals surface area contributed by atoms with Crippen LogP contribution in [0.4, 0.5) is 0 Å². The number of aliphatic hydroxyl groups is 1. The molecule has 1 atom stereocenters. The largest absolute Gasteiger partial charge is 0.458 e. The van der Waals surface area contributed by atoms with Gasteiger partial charge in [-0.15, -0.1) is 0 Å². The first-order chi connectivity index (χ1) is 9.51. The third-order valence-corrected chi connectivity index (χ3v) is 3.07. The minimum Gasteiger partial charge on any atom is -0.458 e. The molecule has 0 spiro atoms. The number of amides is 1. The number of benzene rings is 1. The molecule has 0 aliphatic heterocycles. The lowest BCUT2D eigenvalue weighted by molar-refractivity contribution is -0.174. The molecule has 0 saturated carbocycles. The molecule has 1 aromatic rings. The van der Waals surface area contributed by atoms with Crippen LogP contribution in [0.25, 0.3) is 0 Å². The SMILES string of the molecule is CC(C)(C)OC(=O)[C@@](C)(O)CNC(=O)c1ccc(Br)cc1. The first-order valence-corrected chi connectivity index (χ1v) is 7.30. The summed E-state index contributed by atoms with van der Waals surface area (Å²) >= 11 is 3.28. The van der Waals surface area contributed by atoms with Gasteiger partial charge in [0.1, 0.15) is 5.60 Å². The fourth-order valence-corrected chi connectivity index (χ4v) is 1.68. The Morgan fingerprint density at radius 2 is 1.71 bits per heavy atom. The van der Waals surface area contributed by atoms with Gasteiger partial charge in [0.25, 0.3) is 5.91 Å². The molecule has 1 aromatic carbocycles. The van der Waals surface area contributed by atoms with Crippen molar-refractivity contribution >= 4 is 27.8 Å². The Morgan fingerprint density at radius 1 is 1.19 bits per heavy atom. The number of ether oxygens (including phenoxy) is 1. The van der Waals surface area contributed by atoms with Gasteiger partial charge >= 0.3 is 5.97 Å². The van der Waals surface area contributed by atoms with Gasteiger partial charge in [-0.05, 0) is 52.0 Å². The molecule has 21 heavy (non-hydrogen) atoms. The number of carbonyl (C=O) groups is 2. The second-order valence-corrected chi connectivity index (χ2v) is 6.88. The molecule has 0 unspecified atom stereocenters. The zero-order valence-electron chi connectivity index (χ0n) is 12.6.